The quantitative estimate of drug-likeness (QED) is 0.543. The maximum absolute atomic E-state index is 11.8. The number of ether oxygens (including phenoxy) is 1. The smallest absolute Gasteiger partial charge is 0.183 e. The molecule has 0 radical (unpaired) electrons. The number of rotatable bonds is 6. The van der Waals surface area contributed by atoms with Crippen molar-refractivity contribution >= 4 is 28.2 Å². The van der Waals surface area contributed by atoms with E-state index in [2.05, 4.69) is 30.8 Å². The summed E-state index contributed by atoms with van der Waals surface area (Å²) in [6.45, 7) is 5.14. The first-order valence-electron chi connectivity index (χ1n) is 12.3. The van der Waals surface area contributed by atoms with Crippen LogP contribution in [0.25, 0.3) is 22.9 Å². The Balaban J connectivity index is 1.30. The lowest BCUT2D eigenvalue weighted by atomic mass is 9.93. The average Bonchev–Trinajstić information content (AvgIpc) is 3.45. The number of H-pyrrole nitrogens is 1. The second-order valence-corrected chi connectivity index (χ2v) is 10.9. The van der Waals surface area contributed by atoms with Crippen LogP contribution in [0.2, 0.25) is 0 Å². The summed E-state index contributed by atoms with van der Waals surface area (Å²) in [7, 11) is -1.13. The molecule has 1 atom stereocenters. The minimum atomic E-state index is -1.13. The number of nitrogens with one attached hydrogen (secondary N) is 2. The summed E-state index contributed by atoms with van der Waals surface area (Å²) in [5.41, 5.74) is 4.24. The Kier molecular flexibility index (Phi) is 5.93. The van der Waals surface area contributed by atoms with Gasteiger partial charge in [-0.1, -0.05) is 6.07 Å². The minimum absolute atomic E-state index is 0.590. The monoisotopic (exact) mass is 493 g/mol. The van der Waals surface area contributed by atoms with Crippen molar-refractivity contribution in [3.05, 3.63) is 36.4 Å². The van der Waals surface area contributed by atoms with E-state index in [4.69, 9.17) is 14.7 Å². The first-order valence-corrected chi connectivity index (χ1v) is 13.9. The van der Waals surface area contributed by atoms with Gasteiger partial charge in [0.05, 0.1) is 13.2 Å². The van der Waals surface area contributed by atoms with Crippen molar-refractivity contribution in [2.24, 2.45) is 5.41 Å². The molecule has 2 N–H and O–H groups in total. The Morgan fingerprint density at radius 3 is 2.54 bits per heavy atom. The molecular formula is C25H31N7O2S. The highest BCUT2D eigenvalue weighted by Crippen LogP contribution is 2.54. The van der Waals surface area contributed by atoms with Crippen LogP contribution in [0.5, 0.6) is 0 Å². The Labute approximate surface area is 207 Å². The highest BCUT2D eigenvalue weighted by molar-refractivity contribution is 7.85. The molecule has 4 heterocycles. The molecule has 0 bridgehead atoms. The van der Waals surface area contributed by atoms with Gasteiger partial charge in [-0.15, -0.1) is 0 Å². The van der Waals surface area contributed by atoms with E-state index >= 15 is 0 Å². The first kappa shape index (κ1) is 22.5. The van der Waals surface area contributed by atoms with Crippen LogP contribution in [-0.2, 0) is 15.7 Å². The Morgan fingerprint density at radius 1 is 1.00 bits per heavy atom. The van der Waals surface area contributed by atoms with Crippen LogP contribution >= 0.6 is 0 Å². The number of nitrogens with zero attached hydrogens (tertiary/aromatic N) is 5. The summed E-state index contributed by atoms with van der Waals surface area (Å²) in [5.74, 6) is 2.22. The highest BCUT2D eigenvalue weighted by atomic mass is 32.2. The summed E-state index contributed by atoms with van der Waals surface area (Å²) in [4.78, 5) is 14.3. The number of pyridine rings is 1. The zero-order chi connectivity index (χ0) is 23.8. The number of morpholine rings is 1. The van der Waals surface area contributed by atoms with E-state index in [1.165, 1.54) is 25.7 Å². The predicted octanol–water partition coefficient (Wildman–Crippen LogP) is 3.46. The van der Waals surface area contributed by atoms with Crippen LogP contribution in [-0.4, -0.2) is 70.0 Å². The largest absolute Gasteiger partial charge is 0.378 e. The zero-order valence-electron chi connectivity index (χ0n) is 20.0. The summed E-state index contributed by atoms with van der Waals surface area (Å²) in [6, 6.07) is 12.0. The lowest BCUT2D eigenvalue weighted by Crippen LogP contribution is -2.36. The molecule has 9 nitrogen and oxygen atoms in total. The molecular weight excluding hydrogens is 462 g/mol. The standard InChI is InChI=1S/C25H31N7O2S/c1-35(33)30-18-5-6-19(21(17-18)31-11-9-25(7-8-25)10-12-31)23-27-24(29-28-23)20-3-2-4-22(26-20)32-13-15-34-16-14-32/h2-6,17,30H,7-16H2,1H3,(H,27,28,29). The van der Waals surface area contributed by atoms with Gasteiger partial charge in [0, 0.05) is 49.4 Å². The molecule has 1 unspecified atom stereocenters. The maximum Gasteiger partial charge on any atom is 0.183 e. The van der Waals surface area contributed by atoms with Gasteiger partial charge >= 0.3 is 0 Å². The molecule has 2 aromatic heterocycles. The minimum Gasteiger partial charge on any atom is -0.378 e. The van der Waals surface area contributed by atoms with Gasteiger partial charge < -0.3 is 19.3 Å². The molecule has 1 aromatic carbocycles. The molecule has 2 saturated heterocycles. The van der Waals surface area contributed by atoms with E-state index in [0.717, 1.165) is 67.8 Å². The normalized spacial score (nSPS) is 20.1. The van der Waals surface area contributed by atoms with Crippen LogP contribution in [0.4, 0.5) is 17.2 Å². The number of hydrogen-bond acceptors (Lipinski definition) is 7. The van der Waals surface area contributed by atoms with Crippen molar-refractivity contribution in [1.82, 2.24) is 20.2 Å². The molecule has 6 rings (SSSR count). The number of hydrogen-bond donors (Lipinski definition) is 2. The Hall–Kier alpha value is -2.98. The topological polar surface area (TPSA) is 99.3 Å². The molecule has 3 aromatic rings. The lowest BCUT2D eigenvalue weighted by molar-refractivity contribution is 0.122. The molecule has 3 aliphatic rings. The molecule has 1 spiro atoms. The summed E-state index contributed by atoms with van der Waals surface area (Å²) in [6.07, 6.45) is 6.82. The van der Waals surface area contributed by atoms with Crippen molar-refractivity contribution in [2.75, 3.05) is 60.2 Å². The van der Waals surface area contributed by atoms with Gasteiger partial charge in [0.2, 0.25) is 0 Å². The van der Waals surface area contributed by atoms with Crippen LogP contribution in [0.15, 0.2) is 36.4 Å². The molecule has 184 valence electrons. The van der Waals surface area contributed by atoms with Crippen molar-refractivity contribution < 1.29 is 8.95 Å². The summed E-state index contributed by atoms with van der Waals surface area (Å²) >= 11 is 0. The molecule has 1 aliphatic carbocycles. The zero-order valence-corrected chi connectivity index (χ0v) is 20.8. The highest BCUT2D eigenvalue weighted by Gasteiger charge is 2.44. The third-order valence-corrected chi connectivity index (χ3v) is 7.94. The van der Waals surface area contributed by atoms with E-state index in [-0.39, 0.29) is 0 Å². The van der Waals surface area contributed by atoms with E-state index in [1.54, 1.807) is 6.26 Å². The van der Waals surface area contributed by atoms with Gasteiger partial charge in [-0.2, -0.15) is 5.10 Å². The predicted molar refractivity (Wildman–Crippen MR) is 139 cm³/mol. The lowest BCUT2D eigenvalue weighted by Gasteiger charge is -2.35. The molecule has 2 aliphatic heterocycles. The average molecular weight is 494 g/mol. The van der Waals surface area contributed by atoms with E-state index in [1.807, 2.05) is 30.3 Å². The number of benzene rings is 1. The Morgan fingerprint density at radius 2 is 1.80 bits per heavy atom. The van der Waals surface area contributed by atoms with Crippen LogP contribution in [0, 0.1) is 5.41 Å². The van der Waals surface area contributed by atoms with E-state index in [0.29, 0.717) is 17.1 Å². The van der Waals surface area contributed by atoms with E-state index in [9.17, 15) is 4.21 Å². The third kappa shape index (κ3) is 4.77. The van der Waals surface area contributed by atoms with Crippen LogP contribution in [0.3, 0.4) is 0 Å². The molecule has 35 heavy (non-hydrogen) atoms. The number of aromatic nitrogens is 4. The van der Waals surface area contributed by atoms with Crippen molar-refractivity contribution in [2.45, 2.75) is 25.7 Å². The Bertz CT molecular complexity index is 1230. The fourth-order valence-corrected chi connectivity index (χ4v) is 5.59. The van der Waals surface area contributed by atoms with Gasteiger partial charge in [0.15, 0.2) is 11.6 Å². The van der Waals surface area contributed by atoms with Gasteiger partial charge in [0.25, 0.3) is 0 Å². The van der Waals surface area contributed by atoms with Crippen molar-refractivity contribution in [3.8, 4) is 22.9 Å². The van der Waals surface area contributed by atoms with Crippen molar-refractivity contribution in [1.29, 1.82) is 0 Å². The number of anilines is 3. The number of piperidine rings is 1. The van der Waals surface area contributed by atoms with Gasteiger partial charge in [0.1, 0.15) is 22.5 Å². The van der Waals surface area contributed by atoms with Crippen molar-refractivity contribution in [3.63, 3.8) is 0 Å². The van der Waals surface area contributed by atoms with Gasteiger partial charge in [-0.25, -0.2) is 14.2 Å². The van der Waals surface area contributed by atoms with Gasteiger partial charge in [-0.3, -0.25) is 5.10 Å². The fraction of sp³-hybridized carbons (Fsp3) is 0.480. The van der Waals surface area contributed by atoms with Gasteiger partial charge in [-0.05, 0) is 61.4 Å². The maximum atomic E-state index is 11.8. The second kappa shape index (κ2) is 9.23. The second-order valence-electron chi connectivity index (χ2n) is 9.76. The molecule has 1 saturated carbocycles. The van der Waals surface area contributed by atoms with E-state index < -0.39 is 11.0 Å². The van der Waals surface area contributed by atoms with Crippen LogP contribution < -0.4 is 14.5 Å². The summed E-state index contributed by atoms with van der Waals surface area (Å²) < 4.78 is 20.3. The summed E-state index contributed by atoms with van der Waals surface area (Å²) in [5, 5.41) is 7.68. The molecule has 10 heteroatoms. The number of aromatic amines is 1. The van der Waals surface area contributed by atoms with Crippen LogP contribution in [0.1, 0.15) is 25.7 Å². The molecule has 0 amide bonds. The molecule has 3 fully saturated rings. The first-order chi connectivity index (χ1) is 17.1. The SMILES string of the molecule is CS(=O)Nc1ccc(-c2n[nH]c(-c3cccc(N4CCOCC4)n3)n2)c(N2CCC3(CC2)CC3)c1. The fourth-order valence-electron chi connectivity index (χ4n) is 5.13. The third-order valence-electron chi connectivity index (χ3n) is 7.42.